The Kier molecular flexibility index (Phi) is 3.81. The van der Waals surface area contributed by atoms with Gasteiger partial charge in [-0.2, -0.15) is 0 Å². The molecule has 0 heteroatoms. The zero-order chi connectivity index (χ0) is 9.99. The highest BCUT2D eigenvalue weighted by atomic mass is 14.3. The molecule has 0 N–H and O–H groups in total. The molecule has 12 heavy (non-hydrogen) atoms. The maximum Gasteiger partial charge on any atom is -0.0351 e. The van der Waals surface area contributed by atoms with Gasteiger partial charge in [0.25, 0.3) is 0 Å². The van der Waals surface area contributed by atoms with E-state index >= 15 is 0 Å². The van der Waals surface area contributed by atoms with E-state index in [0.29, 0.717) is 5.41 Å². The summed E-state index contributed by atoms with van der Waals surface area (Å²) in [4.78, 5) is 0. The van der Waals surface area contributed by atoms with Crippen molar-refractivity contribution in [2.75, 3.05) is 0 Å². The second kappa shape index (κ2) is 3.81. The molecule has 0 aliphatic heterocycles. The van der Waals surface area contributed by atoms with Gasteiger partial charge in [0.1, 0.15) is 0 Å². The lowest BCUT2D eigenvalue weighted by Gasteiger charge is -2.28. The van der Waals surface area contributed by atoms with Crippen molar-refractivity contribution in [3.8, 4) is 0 Å². The molecule has 0 rings (SSSR count). The molecule has 0 fully saturated rings. The van der Waals surface area contributed by atoms with Gasteiger partial charge in [-0.1, -0.05) is 41.5 Å². The van der Waals surface area contributed by atoms with Crippen molar-refractivity contribution in [2.45, 2.75) is 54.4 Å². The number of hydrogen-bond donors (Lipinski definition) is 0. The minimum atomic E-state index is 0.241. The predicted molar refractivity (Wildman–Crippen MR) is 57.0 cm³/mol. The third kappa shape index (κ3) is 8.10. The van der Waals surface area contributed by atoms with Gasteiger partial charge in [-0.15, -0.1) is 0 Å². The third-order valence-electron chi connectivity index (χ3n) is 1.86. The lowest BCUT2D eigenvalue weighted by Crippen LogP contribution is -2.17. The van der Waals surface area contributed by atoms with Gasteiger partial charge in [-0.05, 0) is 36.5 Å². The van der Waals surface area contributed by atoms with Crippen LogP contribution in [0.3, 0.4) is 0 Å². The standard InChI is InChI=1S/C12H25/c1-10(8-11(2,3)4)9-12(5,6)7/h10H,2,8-9H2,1,3-7H3. The first-order valence-corrected chi connectivity index (χ1v) is 4.95. The molecule has 1 radical (unpaired) electrons. The van der Waals surface area contributed by atoms with Gasteiger partial charge in [0, 0.05) is 0 Å². The van der Waals surface area contributed by atoms with Gasteiger partial charge in [0.05, 0.1) is 0 Å². The van der Waals surface area contributed by atoms with Crippen molar-refractivity contribution < 1.29 is 0 Å². The van der Waals surface area contributed by atoms with E-state index in [2.05, 4.69) is 48.5 Å². The van der Waals surface area contributed by atoms with Crippen LogP contribution in [0.5, 0.6) is 0 Å². The summed E-state index contributed by atoms with van der Waals surface area (Å²) >= 11 is 0. The summed E-state index contributed by atoms with van der Waals surface area (Å²) in [5.41, 5.74) is 0.704. The van der Waals surface area contributed by atoms with Crippen molar-refractivity contribution in [1.29, 1.82) is 0 Å². The summed E-state index contributed by atoms with van der Waals surface area (Å²) in [7, 11) is 0. The smallest absolute Gasteiger partial charge is 0.0351 e. The molecule has 0 aromatic rings. The molecule has 0 saturated heterocycles. The molecule has 0 bridgehead atoms. The lowest BCUT2D eigenvalue weighted by atomic mass is 9.78. The fourth-order valence-corrected chi connectivity index (χ4v) is 2.06. The molecule has 0 aliphatic rings. The van der Waals surface area contributed by atoms with E-state index in [1.165, 1.54) is 12.8 Å². The van der Waals surface area contributed by atoms with E-state index in [1.54, 1.807) is 0 Å². The molecule has 0 amide bonds. The molecule has 0 spiro atoms. The summed E-state index contributed by atoms with van der Waals surface area (Å²) in [5.74, 6) is 0.789. The van der Waals surface area contributed by atoms with E-state index in [-0.39, 0.29) is 5.41 Å². The summed E-state index contributed by atoms with van der Waals surface area (Å²) < 4.78 is 0. The monoisotopic (exact) mass is 169 g/mol. The van der Waals surface area contributed by atoms with Crippen LogP contribution in [0.25, 0.3) is 0 Å². The third-order valence-corrected chi connectivity index (χ3v) is 1.86. The zero-order valence-corrected chi connectivity index (χ0v) is 9.70. The Morgan fingerprint density at radius 3 is 1.67 bits per heavy atom. The Hall–Kier alpha value is 0. The largest absolute Gasteiger partial charge is 0.0625 e. The summed E-state index contributed by atoms with van der Waals surface area (Å²) in [6.07, 6.45) is 2.52. The van der Waals surface area contributed by atoms with Gasteiger partial charge in [0.2, 0.25) is 0 Å². The first kappa shape index (κ1) is 12.0. The highest BCUT2D eigenvalue weighted by Gasteiger charge is 2.20. The van der Waals surface area contributed by atoms with Crippen LogP contribution in [0, 0.1) is 23.7 Å². The Balaban J connectivity index is 3.83. The highest BCUT2D eigenvalue weighted by molar-refractivity contribution is 4.76. The number of rotatable bonds is 3. The Labute approximate surface area is 78.8 Å². The van der Waals surface area contributed by atoms with E-state index in [4.69, 9.17) is 0 Å². The molecule has 1 atom stereocenters. The lowest BCUT2D eigenvalue weighted by molar-refractivity contribution is 0.250. The average molecular weight is 169 g/mol. The second-order valence-corrected chi connectivity index (χ2v) is 6.24. The van der Waals surface area contributed by atoms with Crippen molar-refractivity contribution in [1.82, 2.24) is 0 Å². The first-order chi connectivity index (χ1) is 5.10. The second-order valence-electron chi connectivity index (χ2n) is 6.24. The van der Waals surface area contributed by atoms with Crippen molar-refractivity contribution in [2.24, 2.45) is 16.7 Å². The van der Waals surface area contributed by atoms with Crippen LogP contribution >= 0.6 is 0 Å². The fraction of sp³-hybridized carbons (Fsp3) is 0.917. The molecular weight excluding hydrogens is 144 g/mol. The quantitative estimate of drug-likeness (QED) is 0.590. The van der Waals surface area contributed by atoms with Crippen molar-refractivity contribution in [3.63, 3.8) is 0 Å². The minimum absolute atomic E-state index is 0.241. The van der Waals surface area contributed by atoms with Crippen LogP contribution < -0.4 is 0 Å². The molecule has 0 nitrogen and oxygen atoms in total. The van der Waals surface area contributed by atoms with Gasteiger partial charge in [0.15, 0.2) is 0 Å². The molecule has 0 heterocycles. The molecule has 0 aliphatic carbocycles. The van der Waals surface area contributed by atoms with Crippen LogP contribution in [-0.2, 0) is 0 Å². The Bertz CT molecular complexity index is 104. The molecule has 73 valence electrons. The highest BCUT2D eigenvalue weighted by Crippen LogP contribution is 2.31. The summed E-state index contributed by atoms with van der Waals surface area (Å²) in [6.45, 7) is 17.8. The summed E-state index contributed by atoms with van der Waals surface area (Å²) in [6, 6.07) is 0. The summed E-state index contributed by atoms with van der Waals surface area (Å²) in [5, 5.41) is 0. The Morgan fingerprint density at radius 2 is 1.42 bits per heavy atom. The van der Waals surface area contributed by atoms with Crippen LogP contribution in [0.4, 0.5) is 0 Å². The molecular formula is C12H25. The van der Waals surface area contributed by atoms with Gasteiger partial charge in [-0.25, -0.2) is 0 Å². The van der Waals surface area contributed by atoms with E-state index in [1.807, 2.05) is 0 Å². The molecule has 1 unspecified atom stereocenters. The van der Waals surface area contributed by atoms with E-state index in [9.17, 15) is 0 Å². The van der Waals surface area contributed by atoms with Crippen LogP contribution in [-0.4, -0.2) is 0 Å². The first-order valence-electron chi connectivity index (χ1n) is 4.95. The minimum Gasteiger partial charge on any atom is -0.0625 e. The van der Waals surface area contributed by atoms with Crippen LogP contribution in [0.15, 0.2) is 0 Å². The number of hydrogen-bond acceptors (Lipinski definition) is 0. The maximum absolute atomic E-state index is 4.14. The molecule has 0 saturated carbocycles. The van der Waals surface area contributed by atoms with Crippen molar-refractivity contribution >= 4 is 0 Å². The zero-order valence-electron chi connectivity index (χ0n) is 9.70. The normalized spacial score (nSPS) is 14.0. The Morgan fingerprint density at radius 1 is 1.00 bits per heavy atom. The fourth-order valence-electron chi connectivity index (χ4n) is 2.06. The molecule has 0 aromatic carbocycles. The SMILES string of the molecule is [CH2]C(C)(C)CC(C)CC(C)(C)C. The molecule has 0 aromatic heterocycles. The van der Waals surface area contributed by atoms with Gasteiger partial charge >= 0.3 is 0 Å². The van der Waals surface area contributed by atoms with Crippen LogP contribution in [0.2, 0.25) is 0 Å². The average Bonchev–Trinajstić information content (AvgIpc) is 1.49. The maximum atomic E-state index is 4.14. The van der Waals surface area contributed by atoms with Crippen molar-refractivity contribution in [3.05, 3.63) is 6.92 Å². The topological polar surface area (TPSA) is 0 Å². The van der Waals surface area contributed by atoms with E-state index < -0.39 is 0 Å². The van der Waals surface area contributed by atoms with Crippen LogP contribution in [0.1, 0.15) is 54.4 Å². The predicted octanol–water partition coefficient (Wildman–Crippen LogP) is 4.31. The van der Waals surface area contributed by atoms with Gasteiger partial charge < -0.3 is 0 Å². The van der Waals surface area contributed by atoms with E-state index in [0.717, 1.165) is 5.92 Å². The van der Waals surface area contributed by atoms with Gasteiger partial charge in [-0.3, -0.25) is 0 Å².